The number of thiol groups is 1. The minimum atomic E-state index is -1.45. The van der Waals surface area contributed by atoms with Gasteiger partial charge in [0.05, 0.1) is 71.7 Å². The van der Waals surface area contributed by atoms with Crippen molar-refractivity contribution in [2.75, 3.05) is 19.8 Å². The molecule has 0 fully saturated rings. The van der Waals surface area contributed by atoms with E-state index in [0.717, 1.165) is 86.6 Å². The maximum absolute atomic E-state index is 12.2. The Morgan fingerprint density at radius 1 is 0.568 bits per heavy atom. The molecule has 0 aliphatic carbocycles. The monoisotopic (exact) mass is 1770 g/mol. The molecule has 34 heteroatoms. The Kier molecular flexibility index (Phi) is 44.8. The number of benzene rings is 7. The second-order valence-electron chi connectivity index (χ2n) is 23.9. The zero-order chi connectivity index (χ0) is 79.9. The molecular formula is C77H77BBr2ClK2N11O13S4. The average molecular weight is 1780 g/mol. The van der Waals surface area contributed by atoms with E-state index >= 15 is 0 Å². The maximum atomic E-state index is 12.2. The van der Waals surface area contributed by atoms with Gasteiger partial charge in [0.2, 0.25) is 5.28 Å². The molecule has 0 spiro atoms. The summed E-state index contributed by atoms with van der Waals surface area (Å²) < 4.78 is 13.6. The molecule has 0 unspecified atom stereocenters. The van der Waals surface area contributed by atoms with Gasteiger partial charge in [-0.2, -0.15) is 23.2 Å². The molecule has 0 bridgehead atoms. The van der Waals surface area contributed by atoms with Crippen molar-refractivity contribution in [3.63, 3.8) is 0 Å². The largest absolute Gasteiger partial charge is 1.00 e. The molecule has 4 aromatic heterocycles. The van der Waals surface area contributed by atoms with Gasteiger partial charge in [-0.15, -0.1) is 0 Å². The van der Waals surface area contributed by atoms with Crippen molar-refractivity contribution in [3.8, 4) is 34.4 Å². The van der Waals surface area contributed by atoms with Gasteiger partial charge >= 0.3 is 134 Å². The van der Waals surface area contributed by atoms with Crippen LogP contribution in [0.25, 0.3) is 70.7 Å². The van der Waals surface area contributed by atoms with Crippen LogP contribution in [0, 0.1) is 29.2 Å². The van der Waals surface area contributed by atoms with E-state index in [1.54, 1.807) is 123 Å². The zero-order valence-electron chi connectivity index (χ0n) is 63.1. The van der Waals surface area contributed by atoms with E-state index in [1.165, 1.54) is 35.7 Å². The number of nitriles is 2. The van der Waals surface area contributed by atoms with E-state index in [2.05, 4.69) is 101 Å². The Morgan fingerprint density at radius 3 is 1.23 bits per heavy atom. The molecule has 24 nitrogen and oxygen atoms in total. The molecule has 0 aliphatic heterocycles. The Hall–Kier alpha value is -6.41. The first-order valence-electron chi connectivity index (χ1n) is 32.3. The van der Waals surface area contributed by atoms with Crippen molar-refractivity contribution in [3.05, 3.63) is 207 Å². The summed E-state index contributed by atoms with van der Waals surface area (Å²) in [7, 11) is -1.45. The first-order chi connectivity index (χ1) is 51.2. The fraction of sp³-hybridized carbons (Fsp3) is 0.247. The summed E-state index contributed by atoms with van der Waals surface area (Å²) in [6.45, 7) is 26.8. The van der Waals surface area contributed by atoms with Gasteiger partial charge < -0.3 is 40.9 Å². The maximum Gasteiger partial charge on any atom is 1.00 e. The predicted octanol–water partition coefficient (Wildman–Crippen LogP) is 9.96. The van der Waals surface area contributed by atoms with Crippen LogP contribution in [0.4, 0.5) is 5.69 Å². The summed E-state index contributed by atoms with van der Waals surface area (Å²) in [5.41, 5.74) is 9.13. The smallest absolute Gasteiger partial charge is 1.00 e. The molecule has 7 aromatic carbocycles. The topological polar surface area (TPSA) is 361 Å². The van der Waals surface area contributed by atoms with E-state index in [0.29, 0.717) is 57.6 Å². The number of carboxylic acids is 1. The minimum absolute atomic E-state index is 0. The van der Waals surface area contributed by atoms with Gasteiger partial charge in [0.15, 0.2) is 21.2 Å². The van der Waals surface area contributed by atoms with Gasteiger partial charge in [-0.05, 0) is 173 Å². The number of carbonyl (C=O) groups is 5. The molecule has 568 valence electrons. The van der Waals surface area contributed by atoms with E-state index in [-0.39, 0.29) is 141 Å². The minimum Gasteiger partial charge on any atom is -1.00 e. The molecule has 0 atom stereocenters. The van der Waals surface area contributed by atoms with Crippen LogP contribution in [0.3, 0.4) is 0 Å². The number of fused-ring (bicyclic) bond motifs is 4. The average Bonchev–Trinajstić information content (AvgIpc) is 0.795. The van der Waals surface area contributed by atoms with Crippen LogP contribution in [0.15, 0.2) is 195 Å². The van der Waals surface area contributed by atoms with Crippen molar-refractivity contribution in [1.82, 2.24) is 39.9 Å². The van der Waals surface area contributed by atoms with Crippen LogP contribution in [0.2, 0.25) is 5.28 Å². The quantitative estimate of drug-likeness (QED) is 0.00629. The Morgan fingerprint density at radius 2 is 0.901 bits per heavy atom. The second-order valence-corrected chi connectivity index (χ2v) is 31.9. The number of halogens is 3. The third-order valence-electron chi connectivity index (χ3n) is 14.1. The number of ether oxygens (including phenoxy) is 3. The van der Waals surface area contributed by atoms with E-state index < -0.39 is 32.1 Å². The van der Waals surface area contributed by atoms with Gasteiger partial charge in [-0.1, -0.05) is 152 Å². The van der Waals surface area contributed by atoms with Crippen molar-refractivity contribution >= 4 is 184 Å². The molecule has 11 rings (SSSR count). The van der Waals surface area contributed by atoms with Crippen LogP contribution in [-0.4, -0.2) is 131 Å². The van der Waals surface area contributed by atoms with E-state index in [1.807, 2.05) is 111 Å². The number of nitrogens with zero attached hydrogens (tertiary/aromatic N) is 11. The standard InChI is InChI=1S/C21H19N3O2S.C19H15N3O2S.C14H15BrN2O2S.C8H4BrClN2.C7H6BNO2.C6H12O2S.CH2O3.CH4.2K.H/c1-4-26-19(25)21(2,3)27-20-23-13-16-6-5-7-17(18(16)24-20)15-10-8-14(12-22)9-11-15;1-19(2,17(23)24)25-18-21-11-14-4-3-5-15(16(14)22-18)13-8-6-12(10-20)7-9-13;1-4-19-12(18)14(2,3)20-13-16-8-9-6-5-7-10(15)11(9)17-13;9-6-3-1-2-5-4-11-8(10)12-7(5)6;1-9-7-4-2-6(3-5-7)8(10)11;1-4-8-5(7)6(2,3)9;2-1-4-3;;;;/h5-11,13H,4H2,1-3H3;3-9,11H,1-2H3,(H,23,24);5-8H,4H2,1-3H3;1-4H;2-5,10-11H;9H,4H2,1-3H3;1,3H;1H4;;;/q;;;;;;;;2*+1;-1/p-1. The molecule has 11 aromatic rings. The summed E-state index contributed by atoms with van der Waals surface area (Å²) in [6.07, 6.45) is 6.93. The molecular weight excluding hydrogens is 1700 g/mol. The van der Waals surface area contributed by atoms with E-state index in [4.69, 9.17) is 68.0 Å². The fourth-order valence-electron chi connectivity index (χ4n) is 8.59. The molecule has 3 N–H and O–H groups in total. The Bertz CT molecular complexity index is 5080. The Labute approximate surface area is 771 Å². The molecule has 0 saturated heterocycles. The van der Waals surface area contributed by atoms with Gasteiger partial charge in [-0.25, -0.2) is 44.7 Å². The molecule has 0 aliphatic rings. The van der Waals surface area contributed by atoms with Crippen molar-refractivity contribution in [2.45, 2.75) is 118 Å². The number of aromatic nitrogens is 8. The summed E-state index contributed by atoms with van der Waals surface area (Å²) in [5, 5.41) is 58.5. The molecule has 0 amide bonds. The fourth-order valence-corrected chi connectivity index (χ4v) is 12.2. The number of para-hydroxylation sites is 4. The van der Waals surface area contributed by atoms with Gasteiger partial charge in [0, 0.05) is 66.4 Å². The van der Waals surface area contributed by atoms with Crippen molar-refractivity contribution in [2.24, 2.45) is 0 Å². The summed E-state index contributed by atoms with van der Waals surface area (Å²) in [5.74, 6) is -1.74. The van der Waals surface area contributed by atoms with Crippen LogP contribution < -0.4 is 113 Å². The van der Waals surface area contributed by atoms with Crippen molar-refractivity contribution < 1.29 is 168 Å². The Balaban J connectivity index is 0.000000686. The normalized spacial score (nSPS) is 10.4. The third kappa shape index (κ3) is 32.1. The summed E-state index contributed by atoms with van der Waals surface area (Å²) in [6, 6.07) is 48.3. The first kappa shape index (κ1) is 101. The van der Waals surface area contributed by atoms with Gasteiger partial charge in [0.25, 0.3) is 6.47 Å². The molecule has 0 saturated carbocycles. The number of carboxylic acid groups (broad SMARTS) is 1. The third-order valence-corrected chi connectivity index (χ3v) is 18.9. The number of rotatable bonds is 17. The van der Waals surface area contributed by atoms with Crippen LogP contribution in [-0.2, 0) is 43.1 Å². The SMILES string of the molecule is C.CC(C)(Sc1ncc2cccc(-c3ccc(C#N)cc3)c2n1)C(=O)O.CCOC(=O)C(C)(C)S.CCOC(=O)C(C)(C)Sc1ncc2cccc(-c3ccc(C#N)cc3)c2n1.CCOC(=O)C(C)(C)Sc1ncc2cccc(Br)c2n1.Clc1ncc2cccc(Br)c2n1.O=CO[O-].[C-]#[N+]c1ccc(B(O)O)cc1.[H-].[K+].[K+]. The van der Waals surface area contributed by atoms with Gasteiger partial charge in [0.1, 0.15) is 19.0 Å². The van der Waals surface area contributed by atoms with Crippen LogP contribution >= 0.6 is 91.4 Å². The molecule has 111 heavy (non-hydrogen) atoms. The van der Waals surface area contributed by atoms with Gasteiger partial charge in [-0.3, -0.25) is 24.0 Å². The molecule has 0 radical (unpaired) electrons. The predicted molar refractivity (Wildman–Crippen MR) is 437 cm³/mol. The number of aliphatic carboxylic acids is 1. The summed E-state index contributed by atoms with van der Waals surface area (Å²) in [4.78, 5) is 95.3. The van der Waals surface area contributed by atoms with Crippen LogP contribution in [0.5, 0.6) is 0 Å². The number of carbonyl (C=O) groups excluding carboxylic acids is 4. The molecule has 4 heterocycles. The number of esters is 3. The second kappa shape index (κ2) is 49.4. The van der Waals surface area contributed by atoms with E-state index in [9.17, 15) is 24.3 Å². The zero-order valence-corrected chi connectivity index (χ0v) is 75.6. The first-order valence-corrected chi connectivity index (χ1v) is 37.2. The number of hydrogen-bond donors (Lipinski definition) is 4. The van der Waals surface area contributed by atoms with Crippen molar-refractivity contribution in [1.29, 1.82) is 10.5 Å². The number of thioether (sulfide) groups is 3. The summed E-state index contributed by atoms with van der Waals surface area (Å²) >= 11 is 20.2. The van der Waals surface area contributed by atoms with Crippen LogP contribution in [0.1, 0.15) is 96.1 Å². The number of hydrogen-bond acceptors (Lipinski definition) is 26.